The molecule has 5 rings (SSSR count). The summed E-state index contributed by atoms with van der Waals surface area (Å²) in [6.45, 7) is 1.85. The maximum Gasteiger partial charge on any atom is 0.410 e. The first kappa shape index (κ1) is 15.2. The van der Waals surface area contributed by atoms with Gasteiger partial charge in [-0.15, -0.1) is 0 Å². The van der Waals surface area contributed by atoms with Crippen molar-refractivity contribution < 1.29 is 13.9 Å². The minimum absolute atomic E-state index is 0.0150. The van der Waals surface area contributed by atoms with Gasteiger partial charge < -0.3 is 14.1 Å². The number of pyridine rings is 1. The normalized spacial score (nSPS) is 22.1. The molecule has 2 aliphatic rings. The van der Waals surface area contributed by atoms with Crippen LogP contribution >= 0.6 is 0 Å². The monoisotopic (exact) mass is 350 g/mol. The fraction of sp³-hybridized carbons (Fsp3) is 0.316. The van der Waals surface area contributed by atoms with E-state index in [-0.39, 0.29) is 18.2 Å². The minimum Gasteiger partial charge on any atom is -0.442 e. The highest BCUT2D eigenvalue weighted by atomic mass is 16.6. The topological polar surface area (TPSA) is 71.7 Å². The number of hydrogen-bond acceptors (Lipinski definition) is 6. The number of oxazole rings is 1. The smallest absolute Gasteiger partial charge is 0.410 e. The van der Waals surface area contributed by atoms with Crippen LogP contribution < -0.4 is 4.90 Å². The van der Waals surface area contributed by atoms with E-state index in [0.29, 0.717) is 32.1 Å². The zero-order chi connectivity index (χ0) is 17.5. The summed E-state index contributed by atoms with van der Waals surface area (Å²) in [5.74, 6) is 0. The molecule has 7 heteroatoms. The molecule has 2 aromatic heterocycles. The van der Waals surface area contributed by atoms with E-state index in [0.717, 1.165) is 16.8 Å². The molecular formula is C19H18N4O3. The Labute approximate surface area is 150 Å². The summed E-state index contributed by atoms with van der Waals surface area (Å²) in [5, 5.41) is 0. The molecule has 1 amide bonds. The van der Waals surface area contributed by atoms with Crippen LogP contribution in [0.1, 0.15) is 5.69 Å². The Bertz CT molecular complexity index is 909. The average molecular weight is 350 g/mol. The number of carbonyl (C=O) groups is 1. The van der Waals surface area contributed by atoms with Gasteiger partial charge in [0.15, 0.2) is 5.58 Å². The molecular weight excluding hydrogens is 332 g/mol. The molecule has 0 bridgehead atoms. The molecule has 2 aliphatic heterocycles. The number of nitrogens with zero attached hydrogens (tertiary/aromatic N) is 4. The highest BCUT2D eigenvalue weighted by molar-refractivity contribution is 5.75. The number of hydrogen-bond donors (Lipinski definition) is 0. The third-order valence-corrected chi connectivity index (χ3v) is 5.01. The van der Waals surface area contributed by atoms with Crippen molar-refractivity contribution >= 4 is 23.2 Å². The number of carbonyl (C=O) groups excluding carboxylic acids is 1. The van der Waals surface area contributed by atoms with Crippen LogP contribution in [0.3, 0.4) is 0 Å². The third-order valence-electron chi connectivity index (χ3n) is 5.01. The number of fused-ring (bicyclic) bond motifs is 2. The number of aromatic nitrogens is 2. The Hall–Kier alpha value is -3.09. The fourth-order valence-corrected chi connectivity index (χ4v) is 3.69. The van der Waals surface area contributed by atoms with Crippen LogP contribution in [0.25, 0.3) is 11.1 Å². The minimum atomic E-state index is -0.242. The van der Waals surface area contributed by atoms with Gasteiger partial charge in [0.25, 0.3) is 6.01 Å². The third kappa shape index (κ3) is 2.56. The number of benzene rings is 1. The van der Waals surface area contributed by atoms with Crippen molar-refractivity contribution in [2.75, 3.05) is 24.5 Å². The van der Waals surface area contributed by atoms with E-state index in [4.69, 9.17) is 9.15 Å². The average Bonchev–Trinajstić information content (AvgIpc) is 3.33. The van der Waals surface area contributed by atoms with Crippen LogP contribution in [-0.4, -0.2) is 52.7 Å². The van der Waals surface area contributed by atoms with Crippen molar-refractivity contribution in [2.45, 2.75) is 18.6 Å². The van der Waals surface area contributed by atoms with Crippen molar-refractivity contribution in [1.82, 2.24) is 14.9 Å². The van der Waals surface area contributed by atoms with Crippen molar-refractivity contribution in [1.29, 1.82) is 0 Å². The largest absolute Gasteiger partial charge is 0.442 e. The molecule has 0 N–H and O–H groups in total. The number of ether oxygens (including phenoxy) is 1. The van der Waals surface area contributed by atoms with E-state index in [1.165, 1.54) is 0 Å². The number of rotatable bonds is 4. The lowest BCUT2D eigenvalue weighted by atomic mass is 10.2. The quantitative estimate of drug-likeness (QED) is 0.720. The zero-order valence-electron chi connectivity index (χ0n) is 14.1. The molecule has 7 nitrogen and oxygen atoms in total. The molecule has 0 saturated carbocycles. The highest BCUT2D eigenvalue weighted by Gasteiger charge is 2.48. The lowest BCUT2D eigenvalue weighted by molar-refractivity contribution is 0.135. The number of anilines is 1. The lowest BCUT2D eigenvalue weighted by Gasteiger charge is -2.21. The maximum atomic E-state index is 12.2. The standard InChI is InChI=1S/C19H18N4O3/c24-19-23(10-8-13-5-3-4-9-20-13)15-11-22(12-17(15)26-19)18-21-14-6-1-2-7-16(14)25-18/h1-7,9,15,17H,8,10-12H2/t15-,17+/m0/s1. The zero-order valence-corrected chi connectivity index (χ0v) is 14.1. The SMILES string of the molecule is O=C1O[C@@H]2CN(c3nc4ccccc4o3)C[C@@H]2N1CCc1ccccn1. The summed E-state index contributed by atoms with van der Waals surface area (Å²) >= 11 is 0. The van der Waals surface area contributed by atoms with Gasteiger partial charge in [0.05, 0.1) is 12.6 Å². The Morgan fingerprint density at radius 2 is 2.00 bits per heavy atom. The summed E-state index contributed by atoms with van der Waals surface area (Å²) in [5.41, 5.74) is 2.57. The van der Waals surface area contributed by atoms with E-state index in [2.05, 4.69) is 14.9 Å². The lowest BCUT2D eigenvalue weighted by Crippen LogP contribution is -2.39. The van der Waals surface area contributed by atoms with Crippen molar-refractivity contribution in [2.24, 2.45) is 0 Å². The molecule has 132 valence electrons. The predicted octanol–water partition coefficient (Wildman–Crippen LogP) is 2.47. The predicted molar refractivity (Wildman–Crippen MR) is 94.9 cm³/mol. The van der Waals surface area contributed by atoms with Crippen LogP contribution in [0.15, 0.2) is 53.1 Å². The second-order valence-corrected chi connectivity index (χ2v) is 6.62. The van der Waals surface area contributed by atoms with E-state index >= 15 is 0 Å². The Morgan fingerprint density at radius 3 is 2.85 bits per heavy atom. The number of amides is 1. The van der Waals surface area contributed by atoms with Crippen LogP contribution in [-0.2, 0) is 11.2 Å². The van der Waals surface area contributed by atoms with Gasteiger partial charge >= 0.3 is 6.09 Å². The van der Waals surface area contributed by atoms with Crippen LogP contribution in [0, 0.1) is 0 Å². The summed E-state index contributed by atoms with van der Waals surface area (Å²) < 4.78 is 11.4. The van der Waals surface area contributed by atoms with Gasteiger partial charge in [0.2, 0.25) is 0 Å². The Kier molecular flexibility index (Phi) is 3.51. The first-order chi connectivity index (χ1) is 12.8. The van der Waals surface area contributed by atoms with Gasteiger partial charge in [0.1, 0.15) is 11.6 Å². The van der Waals surface area contributed by atoms with E-state index in [9.17, 15) is 4.79 Å². The van der Waals surface area contributed by atoms with Crippen molar-refractivity contribution in [3.05, 3.63) is 54.4 Å². The molecule has 0 unspecified atom stereocenters. The van der Waals surface area contributed by atoms with Gasteiger partial charge in [-0.25, -0.2) is 4.79 Å². The van der Waals surface area contributed by atoms with Crippen molar-refractivity contribution in [3.8, 4) is 0 Å². The Balaban J connectivity index is 1.31. The van der Waals surface area contributed by atoms with Gasteiger partial charge in [-0.3, -0.25) is 9.88 Å². The molecule has 1 aromatic carbocycles. The van der Waals surface area contributed by atoms with E-state index in [1.807, 2.05) is 47.4 Å². The molecule has 0 spiro atoms. The molecule has 2 fully saturated rings. The molecule has 2 atom stereocenters. The Morgan fingerprint density at radius 1 is 1.12 bits per heavy atom. The summed E-state index contributed by atoms with van der Waals surface area (Å²) in [4.78, 5) is 25.0. The molecule has 3 aromatic rings. The summed E-state index contributed by atoms with van der Waals surface area (Å²) in [7, 11) is 0. The second kappa shape index (κ2) is 6.01. The van der Waals surface area contributed by atoms with Crippen LogP contribution in [0.4, 0.5) is 10.8 Å². The van der Waals surface area contributed by atoms with Crippen molar-refractivity contribution in [3.63, 3.8) is 0 Å². The van der Waals surface area contributed by atoms with Crippen LogP contribution in [0.2, 0.25) is 0 Å². The first-order valence-electron chi connectivity index (χ1n) is 8.75. The van der Waals surface area contributed by atoms with Crippen LogP contribution in [0.5, 0.6) is 0 Å². The second-order valence-electron chi connectivity index (χ2n) is 6.62. The van der Waals surface area contributed by atoms with E-state index in [1.54, 1.807) is 6.20 Å². The molecule has 0 radical (unpaired) electrons. The molecule has 4 heterocycles. The molecule has 26 heavy (non-hydrogen) atoms. The van der Waals surface area contributed by atoms with Gasteiger partial charge in [-0.05, 0) is 24.3 Å². The highest BCUT2D eigenvalue weighted by Crippen LogP contribution is 2.31. The number of para-hydroxylation sites is 2. The van der Waals surface area contributed by atoms with Gasteiger partial charge in [0, 0.05) is 31.4 Å². The van der Waals surface area contributed by atoms with Gasteiger partial charge in [-0.1, -0.05) is 18.2 Å². The molecule has 2 saturated heterocycles. The van der Waals surface area contributed by atoms with Gasteiger partial charge in [-0.2, -0.15) is 4.98 Å². The van der Waals surface area contributed by atoms with E-state index < -0.39 is 0 Å². The maximum absolute atomic E-state index is 12.2. The molecule has 0 aliphatic carbocycles. The first-order valence-corrected chi connectivity index (χ1v) is 8.75. The summed E-state index contributed by atoms with van der Waals surface area (Å²) in [6, 6.07) is 14.1. The fourth-order valence-electron chi connectivity index (χ4n) is 3.69. The summed E-state index contributed by atoms with van der Waals surface area (Å²) in [6.07, 6.45) is 2.09.